The number of ether oxygens (including phenoxy) is 1. The molecule has 1 fully saturated rings. The number of aromatic hydroxyl groups is 1. The van der Waals surface area contributed by atoms with Crippen LogP contribution in [0, 0.1) is 23.7 Å². The number of carbonyl (C=O) groups excluding carboxylic acids is 5. The molecule has 47 heavy (non-hydrogen) atoms. The molecule has 3 aromatic carbocycles. The summed E-state index contributed by atoms with van der Waals surface area (Å²) in [5.41, 5.74) is 4.81. The summed E-state index contributed by atoms with van der Waals surface area (Å²) in [4.78, 5) is 69.5. The van der Waals surface area contributed by atoms with Gasteiger partial charge in [0.25, 0.3) is 0 Å². The van der Waals surface area contributed by atoms with Crippen molar-refractivity contribution in [2.24, 2.45) is 23.7 Å². The summed E-state index contributed by atoms with van der Waals surface area (Å²) in [5.74, 6) is -3.06. The van der Waals surface area contributed by atoms with Crippen LogP contribution in [0.25, 0.3) is 0 Å². The highest BCUT2D eigenvalue weighted by molar-refractivity contribution is 6.25. The molecular weight excluding hydrogens is 594 g/mol. The molecule has 3 aromatic rings. The minimum absolute atomic E-state index is 0.0878. The molecule has 8 rings (SSSR count). The lowest BCUT2D eigenvalue weighted by atomic mass is 9.58. The van der Waals surface area contributed by atoms with Crippen molar-refractivity contribution in [3.63, 3.8) is 0 Å². The van der Waals surface area contributed by atoms with Gasteiger partial charge in [-0.3, -0.25) is 28.9 Å². The lowest BCUT2D eigenvalue weighted by Gasteiger charge is -2.43. The lowest BCUT2D eigenvalue weighted by molar-refractivity contribution is -0.123. The first-order valence-electron chi connectivity index (χ1n) is 15.7. The van der Waals surface area contributed by atoms with Crippen LogP contribution in [-0.4, -0.2) is 34.3 Å². The van der Waals surface area contributed by atoms with Gasteiger partial charge in [-0.15, -0.1) is 0 Å². The number of hydrogen-bond acceptors (Lipinski definition) is 7. The number of amides is 2. The van der Waals surface area contributed by atoms with Crippen LogP contribution in [0.5, 0.6) is 11.5 Å². The Morgan fingerprint density at radius 1 is 0.894 bits per heavy atom. The van der Waals surface area contributed by atoms with Gasteiger partial charge in [-0.1, -0.05) is 42.0 Å². The summed E-state index contributed by atoms with van der Waals surface area (Å²) in [6.45, 7) is 1.62. The Balaban J connectivity index is 1.15. The zero-order valence-electron chi connectivity index (χ0n) is 25.4. The molecule has 8 heteroatoms. The molecule has 0 aromatic heterocycles. The van der Waals surface area contributed by atoms with Crippen molar-refractivity contribution in [2.75, 3.05) is 4.90 Å². The molecule has 1 saturated heterocycles. The molecule has 0 bridgehead atoms. The minimum Gasteiger partial charge on any atom is -0.508 e. The van der Waals surface area contributed by atoms with E-state index in [0.29, 0.717) is 52.1 Å². The zero-order valence-corrected chi connectivity index (χ0v) is 25.4. The molecule has 232 valence electrons. The number of allylic oxidation sites excluding steroid dienone is 7. The van der Waals surface area contributed by atoms with E-state index in [0.717, 1.165) is 16.7 Å². The van der Waals surface area contributed by atoms with Crippen molar-refractivity contribution in [3.05, 3.63) is 136 Å². The Bertz CT molecular complexity index is 2070. The van der Waals surface area contributed by atoms with E-state index in [1.807, 2.05) is 12.1 Å². The summed E-state index contributed by atoms with van der Waals surface area (Å²) >= 11 is 0. The van der Waals surface area contributed by atoms with Gasteiger partial charge in [0.2, 0.25) is 11.8 Å². The quantitative estimate of drug-likeness (QED) is 0.174. The average Bonchev–Trinajstić information content (AvgIpc) is 3.35. The van der Waals surface area contributed by atoms with Gasteiger partial charge < -0.3 is 9.84 Å². The third-order valence-electron chi connectivity index (χ3n) is 10.1. The summed E-state index contributed by atoms with van der Waals surface area (Å²) < 4.78 is 5.95. The number of ketones is 3. The van der Waals surface area contributed by atoms with Gasteiger partial charge in [0.05, 0.1) is 23.8 Å². The highest BCUT2D eigenvalue weighted by Gasteiger charge is 2.57. The van der Waals surface area contributed by atoms with Crippen LogP contribution in [-0.2, 0) is 25.6 Å². The molecule has 0 radical (unpaired) electrons. The Labute approximate surface area is 270 Å². The number of nitrogens with zero attached hydrogens (tertiary/aromatic N) is 1. The monoisotopic (exact) mass is 623 g/mol. The van der Waals surface area contributed by atoms with E-state index < -0.39 is 23.7 Å². The highest BCUT2D eigenvalue weighted by atomic mass is 16.5. The van der Waals surface area contributed by atoms with Crippen LogP contribution >= 0.6 is 0 Å². The number of Topliss-reactive ketones (excluding diaryl/α,β-unsaturated/α-hetero) is 1. The van der Waals surface area contributed by atoms with Crippen molar-refractivity contribution < 1.29 is 33.8 Å². The summed E-state index contributed by atoms with van der Waals surface area (Å²) in [7, 11) is 0. The van der Waals surface area contributed by atoms with Crippen LogP contribution in [0.2, 0.25) is 0 Å². The van der Waals surface area contributed by atoms with Crippen molar-refractivity contribution in [1.29, 1.82) is 0 Å². The van der Waals surface area contributed by atoms with Crippen molar-refractivity contribution in [1.82, 2.24) is 0 Å². The van der Waals surface area contributed by atoms with E-state index in [-0.39, 0.29) is 41.3 Å². The van der Waals surface area contributed by atoms with Gasteiger partial charge in [-0.05, 0) is 79.8 Å². The third kappa shape index (κ3) is 4.47. The fraction of sp³-hybridized carbons (Fsp3) is 0.205. The first-order valence-corrected chi connectivity index (χ1v) is 15.7. The minimum atomic E-state index is -0.722. The second kappa shape index (κ2) is 10.7. The molecule has 3 aliphatic carbocycles. The molecule has 5 aliphatic rings. The highest BCUT2D eigenvalue weighted by Crippen LogP contribution is 2.55. The number of benzene rings is 3. The Hall–Kier alpha value is -5.63. The topological polar surface area (TPSA) is 118 Å². The molecule has 2 amide bonds. The smallest absolute Gasteiger partial charge is 0.238 e. The lowest BCUT2D eigenvalue weighted by Crippen LogP contribution is -2.41. The predicted octanol–water partition coefficient (Wildman–Crippen LogP) is 5.61. The van der Waals surface area contributed by atoms with E-state index >= 15 is 0 Å². The van der Waals surface area contributed by atoms with Gasteiger partial charge in [-0.2, -0.15) is 0 Å². The molecule has 4 atom stereocenters. The first-order chi connectivity index (χ1) is 22.7. The SMILES string of the molecule is CC1=CC(=O)C2=C(CC3C(=CCC4C(=O)N(c5ccc(C(=O)c6ccccc6)cc5)C(=O)C43)C2C2=COc3ccc(O)cc3C2)C1=O. The van der Waals surface area contributed by atoms with Gasteiger partial charge >= 0.3 is 0 Å². The van der Waals surface area contributed by atoms with E-state index in [1.54, 1.807) is 79.9 Å². The average molecular weight is 624 g/mol. The predicted molar refractivity (Wildman–Crippen MR) is 171 cm³/mol. The Kier molecular flexibility index (Phi) is 6.58. The van der Waals surface area contributed by atoms with Crippen molar-refractivity contribution in [2.45, 2.75) is 26.2 Å². The van der Waals surface area contributed by atoms with Crippen LogP contribution in [0.3, 0.4) is 0 Å². The molecule has 8 nitrogen and oxygen atoms in total. The van der Waals surface area contributed by atoms with E-state index in [1.165, 1.54) is 11.0 Å². The van der Waals surface area contributed by atoms with Crippen LogP contribution in [0.1, 0.15) is 41.3 Å². The molecule has 0 saturated carbocycles. The van der Waals surface area contributed by atoms with Gasteiger partial charge in [0, 0.05) is 45.7 Å². The number of fused-ring (bicyclic) bond motifs is 4. The number of imide groups is 1. The zero-order chi connectivity index (χ0) is 32.6. The Morgan fingerprint density at radius 3 is 2.40 bits per heavy atom. The second-order valence-corrected chi connectivity index (χ2v) is 12.8. The van der Waals surface area contributed by atoms with E-state index in [2.05, 4.69) is 0 Å². The van der Waals surface area contributed by atoms with Gasteiger partial charge in [0.15, 0.2) is 17.3 Å². The third-order valence-corrected chi connectivity index (χ3v) is 10.1. The van der Waals surface area contributed by atoms with Crippen molar-refractivity contribution in [3.8, 4) is 11.5 Å². The normalized spacial score (nSPS) is 24.8. The van der Waals surface area contributed by atoms with E-state index in [4.69, 9.17) is 4.74 Å². The van der Waals surface area contributed by atoms with E-state index in [9.17, 15) is 29.1 Å². The molecule has 2 aliphatic heterocycles. The van der Waals surface area contributed by atoms with Crippen LogP contribution in [0.4, 0.5) is 5.69 Å². The number of hydrogen-bond donors (Lipinski definition) is 1. The fourth-order valence-corrected chi connectivity index (χ4v) is 7.96. The largest absolute Gasteiger partial charge is 0.508 e. The molecule has 1 N–H and O–H groups in total. The number of phenols is 1. The maximum absolute atomic E-state index is 14.3. The maximum atomic E-state index is 14.3. The number of rotatable bonds is 4. The second-order valence-electron chi connectivity index (χ2n) is 12.8. The number of anilines is 1. The molecule has 2 heterocycles. The summed E-state index contributed by atoms with van der Waals surface area (Å²) in [5, 5.41) is 10.1. The van der Waals surface area contributed by atoms with Crippen LogP contribution in [0.15, 0.2) is 119 Å². The summed E-state index contributed by atoms with van der Waals surface area (Å²) in [6.07, 6.45) is 5.82. The number of phenolic OH excluding ortho intramolecular Hbond substituents is 1. The van der Waals surface area contributed by atoms with Crippen LogP contribution < -0.4 is 9.64 Å². The fourth-order valence-electron chi connectivity index (χ4n) is 7.96. The van der Waals surface area contributed by atoms with Gasteiger partial charge in [0.1, 0.15) is 11.5 Å². The molecule has 4 unspecified atom stereocenters. The van der Waals surface area contributed by atoms with Crippen molar-refractivity contribution >= 4 is 34.9 Å². The Morgan fingerprint density at radius 2 is 1.64 bits per heavy atom. The molecular formula is C39H29NO7. The number of carbonyl (C=O) groups is 5. The maximum Gasteiger partial charge on any atom is 0.238 e. The molecule has 0 spiro atoms. The standard InChI is InChI=1S/C39H29NO7/c1-20-15-31(42)35-30(36(20)43)18-29-27(33(35)24-16-23-17-26(41)11-14-32(23)47-19-24)12-13-28-34(29)39(46)40(38(28)45)25-9-7-22(8-10-25)37(44)21-5-3-2-4-6-21/h2-12,14-15,17,19,28-29,33-34,41H,13,16,18H2,1H3. The first kappa shape index (κ1) is 28.8. The summed E-state index contributed by atoms with van der Waals surface area (Å²) in [6, 6.07) is 20.2. The van der Waals surface area contributed by atoms with Gasteiger partial charge in [-0.25, -0.2) is 0 Å².